The van der Waals surface area contributed by atoms with E-state index in [2.05, 4.69) is 5.32 Å². The van der Waals surface area contributed by atoms with E-state index >= 15 is 0 Å². The molecule has 1 heterocycles. The predicted octanol–water partition coefficient (Wildman–Crippen LogP) is 1.53. The van der Waals surface area contributed by atoms with E-state index in [9.17, 15) is 18.0 Å². The number of carbonyl (C=O) groups excluding carboxylic acids is 1. The molecular weight excluding hydrogens is 360 g/mol. The van der Waals surface area contributed by atoms with E-state index < -0.39 is 33.7 Å². The number of carboxylic acids is 1. The summed E-state index contributed by atoms with van der Waals surface area (Å²) in [6, 6.07) is 4.41. The van der Waals surface area contributed by atoms with Crippen LogP contribution in [0, 0.1) is 11.8 Å². The number of anilines is 1. The minimum Gasteiger partial charge on any atom is -0.495 e. The van der Waals surface area contributed by atoms with Gasteiger partial charge in [-0.3, -0.25) is 9.59 Å². The van der Waals surface area contributed by atoms with Crippen molar-refractivity contribution in [1.82, 2.24) is 4.31 Å². The summed E-state index contributed by atoms with van der Waals surface area (Å²) in [4.78, 5) is 23.0. The lowest BCUT2D eigenvalue weighted by Crippen LogP contribution is -2.35. The molecule has 0 bridgehead atoms. The minimum atomic E-state index is -3.73. The van der Waals surface area contributed by atoms with E-state index in [1.165, 1.54) is 23.5 Å². The third kappa shape index (κ3) is 3.68. The van der Waals surface area contributed by atoms with Gasteiger partial charge in [0.2, 0.25) is 15.9 Å². The number of piperidine rings is 1. The highest BCUT2D eigenvalue weighted by atomic mass is 32.2. The van der Waals surface area contributed by atoms with Crippen molar-refractivity contribution >= 4 is 27.6 Å². The van der Waals surface area contributed by atoms with Crippen LogP contribution in [0.15, 0.2) is 23.1 Å². The third-order valence-electron chi connectivity index (χ3n) is 4.81. The summed E-state index contributed by atoms with van der Waals surface area (Å²) in [5.74, 6) is -2.43. The molecule has 1 aliphatic heterocycles. The van der Waals surface area contributed by atoms with Crippen LogP contribution in [0.1, 0.15) is 25.7 Å². The zero-order valence-electron chi connectivity index (χ0n) is 14.5. The molecule has 1 saturated heterocycles. The van der Waals surface area contributed by atoms with E-state index in [1.54, 1.807) is 6.07 Å². The SMILES string of the molecule is COc1ccc(NC(=O)C2CC2C(=O)O)cc1S(=O)(=O)N1CCCCC1. The van der Waals surface area contributed by atoms with Gasteiger partial charge in [0.1, 0.15) is 10.6 Å². The van der Waals surface area contributed by atoms with Crippen LogP contribution in [0.5, 0.6) is 5.75 Å². The molecule has 142 valence electrons. The van der Waals surface area contributed by atoms with Crippen molar-refractivity contribution in [3.63, 3.8) is 0 Å². The summed E-state index contributed by atoms with van der Waals surface area (Å²) in [7, 11) is -2.34. The van der Waals surface area contributed by atoms with Gasteiger partial charge in [0.15, 0.2) is 0 Å². The van der Waals surface area contributed by atoms with Crippen molar-refractivity contribution in [2.75, 3.05) is 25.5 Å². The number of carboxylic acid groups (broad SMARTS) is 1. The number of nitrogens with one attached hydrogen (secondary N) is 1. The van der Waals surface area contributed by atoms with Crippen LogP contribution < -0.4 is 10.1 Å². The van der Waals surface area contributed by atoms with Gasteiger partial charge >= 0.3 is 5.97 Å². The second-order valence-corrected chi connectivity index (χ2v) is 8.51. The molecule has 2 atom stereocenters. The number of ether oxygens (including phenoxy) is 1. The van der Waals surface area contributed by atoms with Crippen molar-refractivity contribution in [3.05, 3.63) is 18.2 Å². The molecule has 1 saturated carbocycles. The Kier molecular flexibility index (Phi) is 5.19. The van der Waals surface area contributed by atoms with E-state index in [0.717, 1.165) is 19.3 Å². The fourth-order valence-electron chi connectivity index (χ4n) is 3.19. The van der Waals surface area contributed by atoms with Gasteiger partial charge in [0.05, 0.1) is 18.9 Å². The zero-order chi connectivity index (χ0) is 18.9. The van der Waals surface area contributed by atoms with Gasteiger partial charge in [0.25, 0.3) is 0 Å². The average Bonchev–Trinajstić information content (AvgIpc) is 3.43. The Morgan fingerprint density at radius 3 is 2.46 bits per heavy atom. The Bertz CT molecular complexity index is 817. The fraction of sp³-hybridized carbons (Fsp3) is 0.529. The quantitative estimate of drug-likeness (QED) is 0.771. The summed E-state index contributed by atoms with van der Waals surface area (Å²) in [6.45, 7) is 0.925. The summed E-state index contributed by atoms with van der Waals surface area (Å²) >= 11 is 0. The van der Waals surface area contributed by atoms with Crippen LogP contribution in [0.2, 0.25) is 0 Å². The van der Waals surface area contributed by atoms with Crippen molar-refractivity contribution in [1.29, 1.82) is 0 Å². The number of aliphatic carboxylic acids is 1. The Morgan fingerprint density at radius 2 is 1.88 bits per heavy atom. The molecule has 3 rings (SSSR count). The van der Waals surface area contributed by atoms with Crippen LogP contribution in [-0.4, -0.2) is 49.9 Å². The van der Waals surface area contributed by atoms with Crippen LogP contribution in [-0.2, 0) is 19.6 Å². The van der Waals surface area contributed by atoms with Gasteiger partial charge in [0, 0.05) is 18.8 Å². The first-order chi connectivity index (χ1) is 12.3. The largest absolute Gasteiger partial charge is 0.495 e. The number of carbonyl (C=O) groups is 2. The topological polar surface area (TPSA) is 113 Å². The van der Waals surface area contributed by atoms with Crippen molar-refractivity contribution in [2.24, 2.45) is 11.8 Å². The second-order valence-electron chi connectivity index (χ2n) is 6.61. The van der Waals surface area contributed by atoms with Gasteiger partial charge in [-0.15, -0.1) is 0 Å². The number of hydrogen-bond acceptors (Lipinski definition) is 5. The molecule has 2 aliphatic rings. The molecule has 2 fully saturated rings. The third-order valence-corrected chi connectivity index (χ3v) is 6.73. The molecular formula is C17H22N2O6S. The lowest BCUT2D eigenvalue weighted by molar-refractivity contribution is -0.139. The van der Waals surface area contributed by atoms with Crippen molar-refractivity contribution in [3.8, 4) is 5.75 Å². The number of amides is 1. The van der Waals surface area contributed by atoms with Crippen molar-refractivity contribution in [2.45, 2.75) is 30.6 Å². The maximum atomic E-state index is 12.9. The first-order valence-electron chi connectivity index (χ1n) is 8.56. The lowest BCUT2D eigenvalue weighted by Gasteiger charge is -2.26. The lowest BCUT2D eigenvalue weighted by atomic mass is 10.2. The highest BCUT2D eigenvalue weighted by Gasteiger charge is 2.48. The van der Waals surface area contributed by atoms with E-state index in [-0.39, 0.29) is 10.6 Å². The minimum absolute atomic E-state index is 0.00489. The number of benzene rings is 1. The first kappa shape index (κ1) is 18.7. The molecule has 0 radical (unpaired) electrons. The highest BCUT2D eigenvalue weighted by Crippen LogP contribution is 2.40. The predicted molar refractivity (Wildman–Crippen MR) is 93.5 cm³/mol. The highest BCUT2D eigenvalue weighted by molar-refractivity contribution is 7.89. The molecule has 1 aliphatic carbocycles. The number of nitrogens with zero attached hydrogens (tertiary/aromatic N) is 1. The first-order valence-corrected chi connectivity index (χ1v) is 10.0. The van der Waals surface area contributed by atoms with Gasteiger partial charge < -0.3 is 15.2 Å². The van der Waals surface area contributed by atoms with Crippen LogP contribution in [0.25, 0.3) is 0 Å². The molecule has 9 heteroatoms. The maximum absolute atomic E-state index is 12.9. The molecule has 2 unspecified atom stereocenters. The Hall–Kier alpha value is -2.13. The summed E-state index contributed by atoms with van der Waals surface area (Å²) in [6.07, 6.45) is 2.94. The summed E-state index contributed by atoms with van der Waals surface area (Å²) in [5.41, 5.74) is 0.308. The van der Waals surface area contributed by atoms with E-state index in [0.29, 0.717) is 25.2 Å². The van der Waals surface area contributed by atoms with Crippen molar-refractivity contribution < 1.29 is 27.9 Å². The Morgan fingerprint density at radius 1 is 1.19 bits per heavy atom. The Labute approximate surface area is 152 Å². The number of sulfonamides is 1. The normalized spacial score (nSPS) is 23.3. The van der Waals surface area contributed by atoms with Gasteiger partial charge in [-0.05, 0) is 37.5 Å². The standard InChI is InChI=1S/C17H22N2O6S/c1-25-14-6-5-11(18-16(20)12-10-13(12)17(21)22)9-15(14)26(23,24)19-7-3-2-4-8-19/h5-6,9,12-13H,2-4,7-8,10H2,1H3,(H,18,20)(H,21,22). The van der Waals surface area contributed by atoms with Crippen LogP contribution >= 0.6 is 0 Å². The van der Waals surface area contributed by atoms with Crippen LogP contribution in [0.4, 0.5) is 5.69 Å². The summed E-state index contributed by atoms with van der Waals surface area (Å²) < 4.78 is 32.5. The molecule has 0 aromatic heterocycles. The zero-order valence-corrected chi connectivity index (χ0v) is 15.3. The molecule has 1 aromatic rings. The maximum Gasteiger partial charge on any atom is 0.307 e. The van der Waals surface area contributed by atoms with Crippen LogP contribution in [0.3, 0.4) is 0 Å². The second kappa shape index (κ2) is 7.24. The van der Waals surface area contributed by atoms with Gasteiger partial charge in [-0.25, -0.2) is 8.42 Å². The van der Waals surface area contributed by atoms with E-state index in [4.69, 9.17) is 9.84 Å². The van der Waals surface area contributed by atoms with E-state index in [1.807, 2.05) is 0 Å². The molecule has 8 nitrogen and oxygen atoms in total. The number of hydrogen-bond donors (Lipinski definition) is 2. The van der Waals surface area contributed by atoms with Gasteiger partial charge in [-0.1, -0.05) is 6.42 Å². The molecule has 1 amide bonds. The molecule has 2 N–H and O–H groups in total. The Balaban J connectivity index is 1.82. The van der Waals surface area contributed by atoms with Gasteiger partial charge in [-0.2, -0.15) is 4.31 Å². The molecule has 0 spiro atoms. The molecule has 1 aromatic carbocycles. The fourth-order valence-corrected chi connectivity index (χ4v) is 4.89. The smallest absolute Gasteiger partial charge is 0.307 e. The molecule has 26 heavy (non-hydrogen) atoms. The summed E-state index contributed by atoms with van der Waals surface area (Å²) in [5, 5.41) is 11.5. The number of methoxy groups -OCH3 is 1. The average molecular weight is 382 g/mol. The number of rotatable bonds is 6. The monoisotopic (exact) mass is 382 g/mol.